The molecule has 0 fully saturated rings. The van der Waals surface area contributed by atoms with Gasteiger partial charge in [-0.1, -0.05) is 121 Å². The van der Waals surface area contributed by atoms with E-state index >= 15 is 0 Å². The molecule has 3 heterocycles. The first-order valence-corrected chi connectivity index (χ1v) is 18.2. The van der Waals surface area contributed by atoms with Crippen LogP contribution >= 0.6 is 0 Å². The van der Waals surface area contributed by atoms with Gasteiger partial charge in [0.05, 0.1) is 33.4 Å². The van der Waals surface area contributed by atoms with Crippen LogP contribution in [0.15, 0.2) is 186 Å². The van der Waals surface area contributed by atoms with Gasteiger partial charge in [0.2, 0.25) is 0 Å². The van der Waals surface area contributed by atoms with Crippen molar-refractivity contribution in [2.75, 3.05) is 0 Å². The second-order valence-electron chi connectivity index (χ2n) is 14.1. The zero-order chi connectivity index (χ0) is 34.6. The van der Waals surface area contributed by atoms with Crippen molar-refractivity contribution in [2.45, 2.75) is 0 Å². The smallest absolute Gasteiger partial charge is 0.136 e. The lowest BCUT2D eigenvalue weighted by Gasteiger charge is -2.12. The van der Waals surface area contributed by atoms with Crippen LogP contribution in [0.4, 0.5) is 0 Å². The zero-order valence-corrected chi connectivity index (χ0v) is 28.6. The van der Waals surface area contributed by atoms with Crippen LogP contribution in [0.3, 0.4) is 0 Å². The number of fused-ring (bicyclic) bond motifs is 11. The number of nitrogens with zero attached hydrogens (tertiary/aromatic N) is 2. The highest BCUT2D eigenvalue weighted by Gasteiger charge is 2.20. The first-order valence-electron chi connectivity index (χ1n) is 18.2. The van der Waals surface area contributed by atoms with Gasteiger partial charge in [-0.05, 0) is 82.6 Å². The van der Waals surface area contributed by atoms with E-state index in [1.807, 2.05) is 6.07 Å². The monoisotopic (exact) mass is 674 g/mol. The molecule has 0 aliphatic carbocycles. The van der Waals surface area contributed by atoms with Gasteiger partial charge in [0.15, 0.2) is 0 Å². The molecule has 12 rings (SSSR count). The van der Waals surface area contributed by atoms with Crippen molar-refractivity contribution in [1.29, 1.82) is 0 Å². The molecule has 0 amide bonds. The Bertz CT molecular complexity index is 3460. The molecule has 0 radical (unpaired) electrons. The number of hydrogen-bond donors (Lipinski definition) is 0. The minimum atomic E-state index is 0.906. The Morgan fingerprint density at radius 1 is 0.283 bits per heavy atom. The first kappa shape index (κ1) is 28.6. The van der Waals surface area contributed by atoms with Crippen LogP contribution in [0.2, 0.25) is 0 Å². The average Bonchev–Trinajstić information content (AvgIpc) is 3.86. The Hall–Kier alpha value is -7.10. The molecule has 0 aliphatic rings. The largest absolute Gasteiger partial charge is 0.456 e. The summed E-state index contributed by atoms with van der Waals surface area (Å²) in [4.78, 5) is 0. The minimum absolute atomic E-state index is 0.906. The van der Waals surface area contributed by atoms with Gasteiger partial charge >= 0.3 is 0 Å². The minimum Gasteiger partial charge on any atom is -0.456 e. The number of benzene rings is 9. The molecule has 246 valence electrons. The number of aromatic nitrogens is 2. The van der Waals surface area contributed by atoms with Crippen LogP contribution in [0.25, 0.3) is 110 Å². The van der Waals surface area contributed by atoms with Gasteiger partial charge in [-0.15, -0.1) is 0 Å². The highest BCUT2D eigenvalue weighted by Crippen LogP contribution is 2.42. The Morgan fingerprint density at radius 2 is 0.774 bits per heavy atom. The van der Waals surface area contributed by atoms with E-state index in [2.05, 4.69) is 185 Å². The van der Waals surface area contributed by atoms with Crippen LogP contribution < -0.4 is 0 Å². The molecule has 0 saturated carbocycles. The van der Waals surface area contributed by atoms with E-state index in [4.69, 9.17) is 4.42 Å². The molecule has 9 aromatic carbocycles. The van der Waals surface area contributed by atoms with Gasteiger partial charge in [0.25, 0.3) is 0 Å². The van der Waals surface area contributed by atoms with Crippen LogP contribution in [0.1, 0.15) is 0 Å². The van der Waals surface area contributed by atoms with E-state index in [1.54, 1.807) is 0 Å². The molecule has 12 aromatic rings. The maximum atomic E-state index is 6.45. The van der Waals surface area contributed by atoms with Crippen molar-refractivity contribution >= 4 is 87.1 Å². The lowest BCUT2D eigenvalue weighted by atomic mass is 10.00. The third kappa shape index (κ3) is 4.05. The predicted molar refractivity (Wildman–Crippen MR) is 223 cm³/mol. The number of furan rings is 1. The van der Waals surface area contributed by atoms with Gasteiger partial charge in [0.1, 0.15) is 11.2 Å². The van der Waals surface area contributed by atoms with E-state index in [-0.39, 0.29) is 0 Å². The van der Waals surface area contributed by atoms with Gasteiger partial charge in [-0.2, -0.15) is 0 Å². The third-order valence-electron chi connectivity index (χ3n) is 11.3. The Balaban J connectivity index is 1.12. The second kappa shape index (κ2) is 10.7. The summed E-state index contributed by atoms with van der Waals surface area (Å²) in [5.74, 6) is 0. The summed E-state index contributed by atoms with van der Waals surface area (Å²) in [6, 6.07) is 66.1. The molecular weight excluding hydrogens is 645 g/mol. The van der Waals surface area contributed by atoms with Crippen molar-refractivity contribution < 1.29 is 4.42 Å². The van der Waals surface area contributed by atoms with Crippen molar-refractivity contribution in [3.05, 3.63) is 182 Å². The summed E-state index contributed by atoms with van der Waals surface area (Å²) < 4.78 is 11.3. The molecule has 3 heteroatoms. The van der Waals surface area contributed by atoms with Crippen molar-refractivity contribution in [1.82, 2.24) is 9.13 Å². The Kier molecular flexibility index (Phi) is 5.77. The summed E-state index contributed by atoms with van der Waals surface area (Å²) in [7, 11) is 0. The van der Waals surface area contributed by atoms with Crippen molar-refractivity contribution in [3.63, 3.8) is 0 Å². The Morgan fingerprint density at radius 3 is 1.45 bits per heavy atom. The molecule has 3 nitrogen and oxygen atoms in total. The molecule has 0 spiro atoms. The number of hydrogen-bond acceptors (Lipinski definition) is 1. The van der Waals surface area contributed by atoms with Crippen molar-refractivity contribution in [2.24, 2.45) is 0 Å². The lowest BCUT2D eigenvalue weighted by molar-refractivity contribution is 0.669. The standard InChI is InChI=1S/C50H30N2O/c1-3-15-35-31(11-1)13-9-20-43(35)51-45-19-7-5-17-37(45)39-27-33(23-25-46(39)51)34-24-26-47-40(28-34)41-30-50-42(38-18-6-8-22-49(38)53-50)29-48(41)52(47)44-21-10-14-32-12-2-4-16-36(32)44/h1-30H. The maximum Gasteiger partial charge on any atom is 0.136 e. The fourth-order valence-electron chi connectivity index (χ4n) is 8.89. The third-order valence-corrected chi connectivity index (χ3v) is 11.3. The summed E-state index contributed by atoms with van der Waals surface area (Å²) in [5, 5.41) is 12.1. The summed E-state index contributed by atoms with van der Waals surface area (Å²) >= 11 is 0. The summed E-state index contributed by atoms with van der Waals surface area (Å²) in [6.07, 6.45) is 0. The average molecular weight is 675 g/mol. The highest BCUT2D eigenvalue weighted by molar-refractivity contribution is 6.19. The lowest BCUT2D eigenvalue weighted by Crippen LogP contribution is -1.95. The molecular formula is C50H30N2O. The van der Waals surface area contributed by atoms with Crippen LogP contribution in [-0.2, 0) is 0 Å². The topological polar surface area (TPSA) is 23.0 Å². The van der Waals surface area contributed by atoms with Gasteiger partial charge < -0.3 is 13.6 Å². The second-order valence-corrected chi connectivity index (χ2v) is 14.1. The van der Waals surface area contributed by atoms with Crippen LogP contribution in [-0.4, -0.2) is 9.13 Å². The van der Waals surface area contributed by atoms with Crippen LogP contribution in [0, 0.1) is 0 Å². The molecule has 0 aliphatic heterocycles. The fourth-order valence-corrected chi connectivity index (χ4v) is 8.89. The maximum absolute atomic E-state index is 6.45. The number of para-hydroxylation sites is 2. The molecule has 0 N–H and O–H groups in total. The van der Waals surface area contributed by atoms with Crippen molar-refractivity contribution in [3.8, 4) is 22.5 Å². The van der Waals surface area contributed by atoms with E-state index in [0.29, 0.717) is 0 Å². The predicted octanol–water partition coefficient (Wildman–Crippen LogP) is 13.8. The zero-order valence-electron chi connectivity index (χ0n) is 28.6. The Labute approximate surface area is 304 Å². The molecule has 3 aromatic heterocycles. The SMILES string of the molecule is c1ccc2c(-n3c4ccccc4c4cc(-c5ccc6c(c5)c5cc7oc8ccccc8c7cc5n6-c5cccc6ccccc56)ccc43)cccc2c1. The molecule has 0 bridgehead atoms. The summed E-state index contributed by atoms with van der Waals surface area (Å²) in [6.45, 7) is 0. The van der Waals surface area contributed by atoms with Gasteiger partial charge in [-0.25, -0.2) is 0 Å². The van der Waals surface area contributed by atoms with Gasteiger partial charge in [0, 0.05) is 43.1 Å². The van der Waals surface area contributed by atoms with Gasteiger partial charge in [-0.3, -0.25) is 0 Å². The molecule has 0 saturated heterocycles. The van der Waals surface area contributed by atoms with E-state index < -0.39 is 0 Å². The first-order chi connectivity index (χ1) is 26.3. The van der Waals surface area contributed by atoms with E-state index in [9.17, 15) is 0 Å². The van der Waals surface area contributed by atoms with Crippen LogP contribution in [0.5, 0.6) is 0 Å². The highest BCUT2D eigenvalue weighted by atomic mass is 16.3. The number of rotatable bonds is 3. The molecule has 0 atom stereocenters. The fraction of sp³-hybridized carbons (Fsp3) is 0. The molecule has 0 unspecified atom stereocenters. The van der Waals surface area contributed by atoms with E-state index in [1.165, 1.54) is 87.7 Å². The molecule has 53 heavy (non-hydrogen) atoms. The quantitative estimate of drug-likeness (QED) is 0.183. The summed E-state index contributed by atoms with van der Waals surface area (Å²) in [5.41, 5.74) is 11.3. The van der Waals surface area contributed by atoms with E-state index in [0.717, 1.165) is 21.9 Å². The normalized spacial score (nSPS) is 12.2.